The molecule has 94 valence electrons. The Morgan fingerprint density at radius 3 is 2.62 bits per heavy atom. The summed E-state index contributed by atoms with van der Waals surface area (Å²) in [5, 5.41) is 6.29. The molecule has 0 aromatic rings. The van der Waals surface area contributed by atoms with Crippen LogP contribution in [0, 0.1) is 0 Å². The third-order valence-electron chi connectivity index (χ3n) is 3.29. The van der Waals surface area contributed by atoms with E-state index >= 15 is 0 Å². The van der Waals surface area contributed by atoms with Crippen molar-refractivity contribution in [2.24, 2.45) is 0 Å². The van der Waals surface area contributed by atoms with Gasteiger partial charge in [-0.1, -0.05) is 6.92 Å². The van der Waals surface area contributed by atoms with Crippen LogP contribution in [0.3, 0.4) is 0 Å². The molecule has 2 N–H and O–H groups in total. The normalized spacial score (nSPS) is 21.4. The van der Waals surface area contributed by atoms with Gasteiger partial charge in [0, 0.05) is 24.8 Å². The van der Waals surface area contributed by atoms with Gasteiger partial charge in [-0.3, -0.25) is 4.79 Å². The maximum Gasteiger partial charge on any atom is 0.234 e. The molecule has 0 aliphatic carbocycles. The first-order valence-electron chi connectivity index (χ1n) is 6.18. The average molecular weight is 228 g/mol. The first kappa shape index (κ1) is 13.5. The molecule has 1 saturated heterocycles. The summed E-state index contributed by atoms with van der Waals surface area (Å²) in [5.74, 6) is 0.0852. The fraction of sp³-hybridized carbons (Fsp3) is 0.917. The van der Waals surface area contributed by atoms with Crippen LogP contribution >= 0.6 is 0 Å². The molecule has 1 aliphatic rings. The summed E-state index contributed by atoms with van der Waals surface area (Å²) in [6.07, 6.45) is 2.92. The van der Waals surface area contributed by atoms with Gasteiger partial charge in [0.2, 0.25) is 5.91 Å². The van der Waals surface area contributed by atoms with E-state index in [1.54, 1.807) is 0 Å². The summed E-state index contributed by atoms with van der Waals surface area (Å²) in [7, 11) is 0. The molecule has 0 bridgehead atoms. The Bertz CT molecular complexity index is 225. The van der Waals surface area contributed by atoms with E-state index in [1.807, 2.05) is 6.92 Å². The molecule has 1 amide bonds. The number of hydrogen-bond acceptors (Lipinski definition) is 3. The van der Waals surface area contributed by atoms with Crippen LogP contribution in [0.25, 0.3) is 0 Å². The van der Waals surface area contributed by atoms with Crippen molar-refractivity contribution >= 4 is 5.91 Å². The molecule has 0 aromatic heterocycles. The van der Waals surface area contributed by atoms with Crippen LogP contribution in [0.4, 0.5) is 0 Å². The summed E-state index contributed by atoms with van der Waals surface area (Å²) < 4.78 is 5.31. The second kappa shape index (κ2) is 6.21. The highest BCUT2D eigenvalue weighted by atomic mass is 16.5. The molecule has 1 heterocycles. The quantitative estimate of drug-likeness (QED) is 0.740. The standard InChI is InChI=1S/C12H24N2O2/c1-4-10(2)14-11(15)9-13-12(3)5-7-16-8-6-12/h10,13H,4-9H2,1-3H3,(H,14,15). The minimum Gasteiger partial charge on any atom is -0.381 e. The molecule has 1 fully saturated rings. The highest BCUT2D eigenvalue weighted by Crippen LogP contribution is 2.18. The summed E-state index contributed by atoms with van der Waals surface area (Å²) in [5.41, 5.74) is 0.0606. The van der Waals surface area contributed by atoms with Gasteiger partial charge in [-0.15, -0.1) is 0 Å². The fourth-order valence-electron chi connectivity index (χ4n) is 1.72. The molecule has 0 saturated carbocycles. The number of carbonyl (C=O) groups is 1. The van der Waals surface area contributed by atoms with Crippen molar-refractivity contribution in [1.82, 2.24) is 10.6 Å². The van der Waals surface area contributed by atoms with E-state index in [2.05, 4.69) is 24.5 Å². The molecule has 4 nitrogen and oxygen atoms in total. The minimum absolute atomic E-state index is 0.0606. The summed E-state index contributed by atoms with van der Waals surface area (Å²) in [6, 6.07) is 0.261. The second-order valence-electron chi connectivity index (χ2n) is 4.90. The van der Waals surface area contributed by atoms with Crippen LogP contribution in [0.15, 0.2) is 0 Å². The lowest BCUT2D eigenvalue weighted by atomic mass is 9.92. The van der Waals surface area contributed by atoms with Gasteiger partial charge < -0.3 is 15.4 Å². The molecule has 1 unspecified atom stereocenters. The Morgan fingerprint density at radius 2 is 2.06 bits per heavy atom. The van der Waals surface area contributed by atoms with E-state index in [4.69, 9.17) is 4.74 Å². The lowest BCUT2D eigenvalue weighted by molar-refractivity contribution is -0.121. The summed E-state index contributed by atoms with van der Waals surface area (Å²) >= 11 is 0. The van der Waals surface area contributed by atoms with Gasteiger partial charge >= 0.3 is 0 Å². The molecule has 16 heavy (non-hydrogen) atoms. The van der Waals surface area contributed by atoms with Crippen LogP contribution in [-0.4, -0.2) is 37.2 Å². The summed E-state index contributed by atoms with van der Waals surface area (Å²) in [6.45, 7) is 8.23. The zero-order valence-electron chi connectivity index (χ0n) is 10.6. The van der Waals surface area contributed by atoms with Crippen LogP contribution in [0.5, 0.6) is 0 Å². The Morgan fingerprint density at radius 1 is 1.44 bits per heavy atom. The van der Waals surface area contributed by atoms with Crippen molar-refractivity contribution in [3.63, 3.8) is 0 Å². The average Bonchev–Trinajstić information content (AvgIpc) is 2.27. The van der Waals surface area contributed by atoms with Crippen LogP contribution in [-0.2, 0) is 9.53 Å². The summed E-state index contributed by atoms with van der Waals surface area (Å²) in [4.78, 5) is 11.6. The molecule has 1 aliphatic heterocycles. The van der Waals surface area contributed by atoms with Crippen LogP contribution < -0.4 is 10.6 Å². The lowest BCUT2D eigenvalue weighted by Crippen LogP contribution is -2.51. The Labute approximate surface area is 98.1 Å². The maximum absolute atomic E-state index is 11.6. The van der Waals surface area contributed by atoms with Crippen LogP contribution in [0.1, 0.15) is 40.0 Å². The minimum atomic E-state index is 0.0606. The van der Waals surface area contributed by atoms with Crippen molar-refractivity contribution in [3.8, 4) is 0 Å². The predicted molar refractivity (Wildman–Crippen MR) is 64.4 cm³/mol. The molecule has 1 atom stereocenters. The largest absolute Gasteiger partial charge is 0.381 e. The SMILES string of the molecule is CCC(C)NC(=O)CNC1(C)CCOCC1. The molecular weight excluding hydrogens is 204 g/mol. The van der Waals surface area contributed by atoms with E-state index < -0.39 is 0 Å². The third kappa shape index (κ3) is 4.49. The smallest absolute Gasteiger partial charge is 0.234 e. The number of nitrogens with one attached hydrogen (secondary N) is 2. The van der Waals surface area contributed by atoms with Crippen molar-refractivity contribution < 1.29 is 9.53 Å². The second-order valence-corrected chi connectivity index (χ2v) is 4.90. The van der Waals surface area contributed by atoms with Crippen LogP contribution in [0.2, 0.25) is 0 Å². The molecule has 1 rings (SSSR count). The van der Waals surface area contributed by atoms with Gasteiger partial charge in [-0.25, -0.2) is 0 Å². The Hall–Kier alpha value is -0.610. The van der Waals surface area contributed by atoms with E-state index in [0.717, 1.165) is 32.5 Å². The lowest BCUT2D eigenvalue weighted by Gasteiger charge is -2.34. The van der Waals surface area contributed by atoms with Gasteiger partial charge in [0.25, 0.3) is 0 Å². The first-order valence-corrected chi connectivity index (χ1v) is 6.18. The molecule has 4 heteroatoms. The van der Waals surface area contributed by atoms with Crippen molar-refractivity contribution in [1.29, 1.82) is 0 Å². The van der Waals surface area contributed by atoms with E-state index in [0.29, 0.717) is 6.54 Å². The number of carbonyl (C=O) groups excluding carboxylic acids is 1. The van der Waals surface area contributed by atoms with Gasteiger partial charge in [-0.2, -0.15) is 0 Å². The van der Waals surface area contributed by atoms with E-state index in [-0.39, 0.29) is 17.5 Å². The van der Waals surface area contributed by atoms with Crippen molar-refractivity contribution in [3.05, 3.63) is 0 Å². The fourth-order valence-corrected chi connectivity index (χ4v) is 1.72. The monoisotopic (exact) mass is 228 g/mol. The van der Waals surface area contributed by atoms with E-state index in [1.165, 1.54) is 0 Å². The highest BCUT2D eigenvalue weighted by molar-refractivity contribution is 5.78. The number of rotatable bonds is 5. The molecular formula is C12H24N2O2. The topological polar surface area (TPSA) is 50.4 Å². The number of ether oxygens (including phenoxy) is 1. The van der Waals surface area contributed by atoms with Gasteiger partial charge in [0.15, 0.2) is 0 Å². The first-order chi connectivity index (χ1) is 7.56. The Kier molecular flexibility index (Phi) is 5.22. The van der Waals surface area contributed by atoms with Crippen molar-refractivity contribution in [2.45, 2.75) is 51.6 Å². The van der Waals surface area contributed by atoms with Gasteiger partial charge in [0.05, 0.1) is 6.54 Å². The van der Waals surface area contributed by atoms with E-state index in [9.17, 15) is 4.79 Å². The van der Waals surface area contributed by atoms with Gasteiger partial charge in [0.1, 0.15) is 0 Å². The zero-order valence-corrected chi connectivity index (χ0v) is 10.6. The molecule has 0 spiro atoms. The maximum atomic E-state index is 11.6. The predicted octanol–water partition coefficient (Wildman–Crippen LogP) is 1.06. The number of amides is 1. The highest BCUT2D eigenvalue weighted by Gasteiger charge is 2.27. The third-order valence-corrected chi connectivity index (χ3v) is 3.29. The van der Waals surface area contributed by atoms with Crippen molar-refractivity contribution in [2.75, 3.05) is 19.8 Å². The zero-order chi connectivity index (χ0) is 12.0. The molecule has 0 radical (unpaired) electrons. The molecule has 0 aromatic carbocycles. The Balaban J connectivity index is 2.24. The van der Waals surface area contributed by atoms with Gasteiger partial charge in [-0.05, 0) is 33.1 Å². The number of hydrogen-bond donors (Lipinski definition) is 2.